The predicted molar refractivity (Wildman–Crippen MR) is 88.0 cm³/mol. The third-order valence-electron chi connectivity index (χ3n) is 3.14. The van der Waals surface area contributed by atoms with Gasteiger partial charge in [-0.15, -0.1) is 6.42 Å². The van der Waals surface area contributed by atoms with E-state index in [1.807, 2.05) is 50.3 Å². The van der Waals surface area contributed by atoms with Crippen LogP contribution in [0.1, 0.15) is 22.3 Å². The summed E-state index contributed by atoms with van der Waals surface area (Å²) in [4.78, 5) is 11.9. The number of anilines is 1. The monoisotopic (exact) mass is 275 g/mol. The Hall–Kier alpha value is -2.79. The van der Waals surface area contributed by atoms with Crippen molar-refractivity contribution < 1.29 is 4.79 Å². The molecule has 2 nitrogen and oxygen atoms in total. The summed E-state index contributed by atoms with van der Waals surface area (Å²) in [5.41, 5.74) is 4.83. The zero-order valence-electron chi connectivity index (χ0n) is 12.2. The van der Waals surface area contributed by atoms with Crippen molar-refractivity contribution >= 4 is 17.7 Å². The van der Waals surface area contributed by atoms with Crippen LogP contribution in [0.5, 0.6) is 0 Å². The Morgan fingerprint density at radius 2 is 2.00 bits per heavy atom. The van der Waals surface area contributed by atoms with Crippen molar-refractivity contribution in [2.75, 3.05) is 5.32 Å². The van der Waals surface area contributed by atoms with Crippen LogP contribution < -0.4 is 5.32 Å². The molecule has 2 aromatic rings. The first-order valence-corrected chi connectivity index (χ1v) is 6.71. The number of terminal acetylenes is 1. The van der Waals surface area contributed by atoms with Crippen molar-refractivity contribution in [2.24, 2.45) is 0 Å². The highest BCUT2D eigenvalue weighted by Gasteiger charge is 1.99. The Balaban J connectivity index is 2.07. The third kappa shape index (κ3) is 4.09. The van der Waals surface area contributed by atoms with E-state index in [2.05, 4.69) is 17.3 Å². The molecule has 2 aromatic carbocycles. The van der Waals surface area contributed by atoms with Gasteiger partial charge in [0.15, 0.2) is 0 Å². The van der Waals surface area contributed by atoms with E-state index in [0.29, 0.717) is 5.69 Å². The molecule has 0 atom stereocenters. The number of carbonyl (C=O) groups is 1. The number of amides is 1. The largest absolute Gasteiger partial charge is 0.322 e. The number of nitrogens with one attached hydrogen (secondary N) is 1. The molecule has 2 rings (SSSR count). The fourth-order valence-corrected chi connectivity index (χ4v) is 2.05. The number of hydrogen-bond donors (Lipinski definition) is 1. The van der Waals surface area contributed by atoms with E-state index < -0.39 is 0 Å². The molecule has 21 heavy (non-hydrogen) atoms. The quantitative estimate of drug-likeness (QED) is 0.667. The topological polar surface area (TPSA) is 29.1 Å². The summed E-state index contributed by atoms with van der Waals surface area (Å²) in [6, 6.07) is 13.3. The van der Waals surface area contributed by atoms with Crippen LogP contribution in [0, 0.1) is 26.2 Å². The van der Waals surface area contributed by atoms with Crippen molar-refractivity contribution in [3.05, 3.63) is 70.8 Å². The SMILES string of the molecule is C#Cc1cccc(NC(=O)/C=C\c2ccc(C)cc2C)c1. The summed E-state index contributed by atoms with van der Waals surface area (Å²) in [6.07, 6.45) is 8.68. The van der Waals surface area contributed by atoms with Crippen molar-refractivity contribution in [1.29, 1.82) is 0 Å². The van der Waals surface area contributed by atoms with Gasteiger partial charge >= 0.3 is 0 Å². The number of rotatable bonds is 3. The first kappa shape index (κ1) is 14.6. The summed E-state index contributed by atoms with van der Waals surface area (Å²) in [7, 11) is 0. The molecule has 1 amide bonds. The zero-order chi connectivity index (χ0) is 15.2. The van der Waals surface area contributed by atoms with Gasteiger partial charge in [0.2, 0.25) is 5.91 Å². The lowest BCUT2D eigenvalue weighted by Crippen LogP contribution is -2.07. The van der Waals surface area contributed by atoms with Crippen LogP contribution in [0.25, 0.3) is 6.08 Å². The van der Waals surface area contributed by atoms with Crippen molar-refractivity contribution in [1.82, 2.24) is 0 Å². The van der Waals surface area contributed by atoms with E-state index in [4.69, 9.17) is 6.42 Å². The van der Waals surface area contributed by atoms with Gasteiger partial charge in [0.25, 0.3) is 0 Å². The minimum Gasteiger partial charge on any atom is -0.322 e. The summed E-state index contributed by atoms with van der Waals surface area (Å²) in [5.74, 6) is 2.37. The average molecular weight is 275 g/mol. The zero-order valence-corrected chi connectivity index (χ0v) is 12.2. The summed E-state index contributed by atoms with van der Waals surface area (Å²) < 4.78 is 0. The Kier molecular flexibility index (Phi) is 4.58. The molecule has 0 aliphatic heterocycles. The predicted octanol–water partition coefficient (Wildman–Crippen LogP) is 3.94. The molecule has 0 heterocycles. The van der Waals surface area contributed by atoms with Crippen LogP contribution in [0.2, 0.25) is 0 Å². The molecule has 0 saturated carbocycles. The maximum atomic E-state index is 11.9. The normalized spacial score (nSPS) is 10.3. The lowest BCUT2D eigenvalue weighted by Gasteiger charge is -2.03. The lowest BCUT2D eigenvalue weighted by molar-refractivity contribution is -0.111. The number of aryl methyl sites for hydroxylation is 2. The molecule has 0 spiro atoms. The molecule has 0 aliphatic carbocycles. The van der Waals surface area contributed by atoms with Crippen LogP contribution >= 0.6 is 0 Å². The second kappa shape index (κ2) is 6.58. The van der Waals surface area contributed by atoms with E-state index in [9.17, 15) is 4.79 Å². The molecule has 0 aliphatic rings. The summed E-state index contributed by atoms with van der Waals surface area (Å²) in [5, 5.41) is 2.80. The molecule has 0 fully saturated rings. The first-order chi connectivity index (χ1) is 10.1. The summed E-state index contributed by atoms with van der Waals surface area (Å²) >= 11 is 0. The fraction of sp³-hybridized carbons (Fsp3) is 0.105. The van der Waals surface area contributed by atoms with E-state index >= 15 is 0 Å². The average Bonchev–Trinajstić information content (AvgIpc) is 2.46. The molecule has 0 unspecified atom stereocenters. The molecule has 1 N–H and O–H groups in total. The maximum absolute atomic E-state index is 11.9. The Labute approximate surface area is 125 Å². The van der Waals surface area contributed by atoms with Crippen LogP contribution in [-0.4, -0.2) is 5.91 Å². The van der Waals surface area contributed by atoms with Gasteiger partial charge < -0.3 is 5.32 Å². The van der Waals surface area contributed by atoms with Gasteiger partial charge in [-0.3, -0.25) is 4.79 Å². The second-order valence-electron chi connectivity index (χ2n) is 4.91. The first-order valence-electron chi connectivity index (χ1n) is 6.71. The molecule has 0 aromatic heterocycles. The highest BCUT2D eigenvalue weighted by molar-refractivity contribution is 6.02. The molecular formula is C19H17NO. The number of carbonyl (C=O) groups excluding carboxylic acids is 1. The minimum absolute atomic E-state index is 0.177. The van der Waals surface area contributed by atoms with Crippen molar-refractivity contribution in [2.45, 2.75) is 13.8 Å². The van der Waals surface area contributed by atoms with Crippen LogP contribution in [0.15, 0.2) is 48.5 Å². The van der Waals surface area contributed by atoms with E-state index in [1.165, 1.54) is 11.6 Å². The lowest BCUT2D eigenvalue weighted by atomic mass is 10.1. The Bertz CT molecular complexity index is 735. The van der Waals surface area contributed by atoms with Crippen molar-refractivity contribution in [3.63, 3.8) is 0 Å². The van der Waals surface area contributed by atoms with Gasteiger partial charge in [-0.1, -0.05) is 35.7 Å². The number of hydrogen-bond acceptors (Lipinski definition) is 1. The van der Waals surface area contributed by atoms with E-state index in [-0.39, 0.29) is 5.91 Å². The molecular weight excluding hydrogens is 258 g/mol. The standard InChI is InChI=1S/C19H17NO/c1-4-16-6-5-7-18(13-16)20-19(21)11-10-17-9-8-14(2)12-15(17)3/h1,5-13H,2-3H3,(H,20,21)/b11-10-. The van der Waals surface area contributed by atoms with Gasteiger partial charge in [-0.2, -0.15) is 0 Å². The van der Waals surface area contributed by atoms with E-state index in [1.54, 1.807) is 6.07 Å². The maximum Gasteiger partial charge on any atom is 0.248 e. The van der Waals surface area contributed by atoms with Gasteiger partial charge in [-0.25, -0.2) is 0 Å². The molecule has 2 heteroatoms. The summed E-state index contributed by atoms with van der Waals surface area (Å²) in [6.45, 7) is 4.08. The minimum atomic E-state index is -0.177. The van der Waals surface area contributed by atoms with Crippen LogP contribution in [-0.2, 0) is 4.79 Å². The van der Waals surface area contributed by atoms with Gasteiger partial charge in [0.1, 0.15) is 0 Å². The Morgan fingerprint density at radius 3 is 2.71 bits per heavy atom. The molecule has 0 bridgehead atoms. The number of benzene rings is 2. The smallest absolute Gasteiger partial charge is 0.248 e. The van der Waals surface area contributed by atoms with Gasteiger partial charge in [0, 0.05) is 17.3 Å². The molecule has 0 radical (unpaired) electrons. The Morgan fingerprint density at radius 1 is 1.19 bits per heavy atom. The van der Waals surface area contributed by atoms with Gasteiger partial charge in [-0.05, 0) is 49.2 Å². The second-order valence-corrected chi connectivity index (χ2v) is 4.91. The van der Waals surface area contributed by atoms with Crippen molar-refractivity contribution in [3.8, 4) is 12.3 Å². The van der Waals surface area contributed by atoms with E-state index in [0.717, 1.165) is 16.7 Å². The van der Waals surface area contributed by atoms with Crippen LogP contribution in [0.4, 0.5) is 5.69 Å². The molecule has 0 saturated heterocycles. The highest BCUT2D eigenvalue weighted by Crippen LogP contribution is 2.13. The fourth-order valence-electron chi connectivity index (χ4n) is 2.05. The molecule has 104 valence electrons. The third-order valence-corrected chi connectivity index (χ3v) is 3.14. The highest BCUT2D eigenvalue weighted by atomic mass is 16.1. The van der Waals surface area contributed by atoms with Gasteiger partial charge in [0.05, 0.1) is 0 Å². The van der Waals surface area contributed by atoms with Crippen LogP contribution in [0.3, 0.4) is 0 Å².